The summed E-state index contributed by atoms with van der Waals surface area (Å²) in [6.07, 6.45) is 8.53. The molecule has 4 saturated carbocycles. The number of hydrogen-bond acceptors (Lipinski definition) is 4. The van der Waals surface area contributed by atoms with Crippen LogP contribution in [0.2, 0.25) is 0 Å². The van der Waals surface area contributed by atoms with E-state index in [0.29, 0.717) is 25.2 Å². The zero-order valence-electron chi connectivity index (χ0n) is 15.1. The fourth-order valence-corrected chi connectivity index (χ4v) is 6.09. The van der Waals surface area contributed by atoms with E-state index < -0.39 is 4.92 Å². The van der Waals surface area contributed by atoms with Crippen molar-refractivity contribution in [3.05, 3.63) is 34.4 Å². The van der Waals surface area contributed by atoms with Crippen LogP contribution in [0.4, 0.5) is 11.4 Å². The predicted octanol–water partition coefficient (Wildman–Crippen LogP) is 3.73. The third-order valence-corrected chi connectivity index (χ3v) is 6.56. The van der Waals surface area contributed by atoms with Gasteiger partial charge in [-0.3, -0.25) is 14.9 Å². The number of nitrogens with one attached hydrogen (secondary N) is 2. The van der Waals surface area contributed by atoms with Gasteiger partial charge in [-0.05, 0) is 67.8 Å². The first-order valence-electron chi connectivity index (χ1n) is 9.77. The second-order valence-corrected chi connectivity index (χ2v) is 8.65. The van der Waals surface area contributed by atoms with Gasteiger partial charge >= 0.3 is 0 Å². The Labute approximate surface area is 153 Å². The van der Waals surface area contributed by atoms with E-state index in [0.717, 1.165) is 17.8 Å². The normalized spacial score (nSPS) is 31.6. The Kier molecular flexibility index (Phi) is 4.59. The lowest BCUT2D eigenvalue weighted by Gasteiger charge is -2.56. The lowest BCUT2D eigenvalue weighted by atomic mass is 9.49. The van der Waals surface area contributed by atoms with Gasteiger partial charge in [0.2, 0.25) is 5.91 Å². The van der Waals surface area contributed by atoms with Crippen molar-refractivity contribution in [1.29, 1.82) is 0 Å². The van der Waals surface area contributed by atoms with Gasteiger partial charge in [-0.1, -0.05) is 12.1 Å². The third-order valence-electron chi connectivity index (χ3n) is 6.56. The highest BCUT2D eigenvalue weighted by Gasteiger charge is 2.51. The number of carbonyl (C=O) groups is 1. The van der Waals surface area contributed by atoms with Gasteiger partial charge in [0.1, 0.15) is 5.69 Å². The summed E-state index contributed by atoms with van der Waals surface area (Å²) in [6.45, 7) is 0.967. The molecule has 1 aromatic carbocycles. The molecule has 26 heavy (non-hydrogen) atoms. The molecule has 0 radical (unpaired) electrons. The second kappa shape index (κ2) is 6.89. The standard InChI is InChI=1S/C20H27N3O3/c24-19(13-20-10-14-7-15(11-20)9-16(8-14)12-20)22-6-5-21-17-3-1-2-4-18(17)23(25)26/h1-4,14-16,21H,5-13H2,(H,22,24). The second-order valence-electron chi connectivity index (χ2n) is 8.65. The first kappa shape index (κ1) is 17.3. The molecular formula is C20H27N3O3. The molecule has 0 spiro atoms. The molecule has 1 aromatic rings. The first-order valence-corrected chi connectivity index (χ1v) is 9.77. The molecule has 140 valence electrons. The zero-order valence-corrected chi connectivity index (χ0v) is 15.1. The molecule has 4 aliphatic rings. The van der Waals surface area contributed by atoms with E-state index in [9.17, 15) is 14.9 Å². The molecule has 6 nitrogen and oxygen atoms in total. The van der Waals surface area contributed by atoms with Crippen LogP contribution in [0.25, 0.3) is 0 Å². The summed E-state index contributed by atoms with van der Waals surface area (Å²) >= 11 is 0. The van der Waals surface area contributed by atoms with Gasteiger partial charge in [-0.15, -0.1) is 0 Å². The van der Waals surface area contributed by atoms with E-state index in [1.807, 2.05) is 0 Å². The summed E-state index contributed by atoms with van der Waals surface area (Å²) in [5.74, 6) is 2.70. The van der Waals surface area contributed by atoms with Gasteiger partial charge in [0.05, 0.1) is 4.92 Å². The van der Waals surface area contributed by atoms with Crippen LogP contribution >= 0.6 is 0 Å². The highest BCUT2D eigenvalue weighted by molar-refractivity contribution is 5.76. The largest absolute Gasteiger partial charge is 0.378 e. The highest BCUT2D eigenvalue weighted by Crippen LogP contribution is 2.61. The minimum atomic E-state index is -0.395. The average Bonchev–Trinajstić information content (AvgIpc) is 2.57. The van der Waals surface area contributed by atoms with Gasteiger partial charge in [-0.2, -0.15) is 0 Å². The summed E-state index contributed by atoms with van der Waals surface area (Å²) in [5, 5.41) is 17.1. The summed E-state index contributed by atoms with van der Waals surface area (Å²) in [5.41, 5.74) is 0.810. The van der Waals surface area contributed by atoms with Gasteiger partial charge in [-0.25, -0.2) is 0 Å². The van der Waals surface area contributed by atoms with E-state index in [-0.39, 0.29) is 17.0 Å². The van der Waals surface area contributed by atoms with Crippen molar-refractivity contribution < 1.29 is 9.72 Å². The number of para-hydroxylation sites is 2. The maximum atomic E-state index is 12.5. The van der Waals surface area contributed by atoms with Crippen LogP contribution in [0.3, 0.4) is 0 Å². The van der Waals surface area contributed by atoms with Crippen molar-refractivity contribution in [2.45, 2.75) is 44.9 Å². The molecule has 4 aliphatic carbocycles. The van der Waals surface area contributed by atoms with E-state index in [2.05, 4.69) is 10.6 Å². The quantitative estimate of drug-likeness (QED) is 0.442. The fourth-order valence-electron chi connectivity index (χ4n) is 6.09. The van der Waals surface area contributed by atoms with Crippen LogP contribution in [0, 0.1) is 33.3 Å². The van der Waals surface area contributed by atoms with Crippen molar-refractivity contribution in [1.82, 2.24) is 5.32 Å². The molecule has 0 heterocycles. The topological polar surface area (TPSA) is 84.3 Å². The van der Waals surface area contributed by atoms with Crippen molar-refractivity contribution in [2.75, 3.05) is 18.4 Å². The summed E-state index contributed by atoms with van der Waals surface area (Å²) in [4.78, 5) is 23.1. The van der Waals surface area contributed by atoms with Crippen molar-refractivity contribution in [2.24, 2.45) is 23.2 Å². The average molecular weight is 357 g/mol. The molecule has 0 atom stereocenters. The summed E-state index contributed by atoms with van der Waals surface area (Å²) in [6, 6.07) is 6.58. The fraction of sp³-hybridized carbons (Fsp3) is 0.650. The van der Waals surface area contributed by atoms with E-state index >= 15 is 0 Å². The number of nitro groups is 1. The van der Waals surface area contributed by atoms with Crippen LogP contribution in [0.15, 0.2) is 24.3 Å². The summed E-state index contributed by atoms with van der Waals surface area (Å²) in [7, 11) is 0. The van der Waals surface area contributed by atoms with Crippen LogP contribution in [0.5, 0.6) is 0 Å². The Balaban J connectivity index is 1.25. The number of nitro benzene ring substituents is 1. The van der Waals surface area contributed by atoms with Crippen molar-refractivity contribution in [3.63, 3.8) is 0 Å². The smallest absolute Gasteiger partial charge is 0.292 e. The lowest BCUT2D eigenvalue weighted by Crippen LogP contribution is -2.48. The number of rotatable bonds is 7. The van der Waals surface area contributed by atoms with E-state index in [1.165, 1.54) is 44.6 Å². The number of anilines is 1. The van der Waals surface area contributed by atoms with E-state index in [1.54, 1.807) is 18.2 Å². The molecule has 0 saturated heterocycles. The highest BCUT2D eigenvalue weighted by atomic mass is 16.6. The monoisotopic (exact) mass is 357 g/mol. The molecule has 0 aliphatic heterocycles. The molecule has 0 unspecified atom stereocenters. The molecule has 0 aromatic heterocycles. The lowest BCUT2D eigenvalue weighted by molar-refractivity contribution is -0.384. The van der Waals surface area contributed by atoms with Crippen LogP contribution in [0.1, 0.15) is 44.9 Å². The Morgan fingerprint density at radius 1 is 1.08 bits per heavy atom. The van der Waals surface area contributed by atoms with Crippen molar-refractivity contribution in [3.8, 4) is 0 Å². The van der Waals surface area contributed by atoms with Gasteiger partial charge in [0.15, 0.2) is 0 Å². The van der Waals surface area contributed by atoms with Crippen molar-refractivity contribution >= 4 is 17.3 Å². The van der Waals surface area contributed by atoms with Gasteiger partial charge in [0, 0.05) is 25.6 Å². The maximum Gasteiger partial charge on any atom is 0.292 e. The SMILES string of the molecule is O=C(CC12CC3CC(CC(C3)C1)C2)NCCNc1ccccc1[N+](=O)[O-]. The van der Waals surface area contributed by atoms with Crippen LogP contribution in [-0.4, -0.2) is 23.9 Å². The number of amides is 1. The van der Waals surface area contributed by atoms with Gasteiger partial charge < -0.3 is 10.6 Å². The molecular weight excluding hydrogens is 330 g/mol. The molecule has 6 heteroatoms. The Hall–Kier alpha value is -2.11. The molecule has 1 amide bonds. The number of nitrogens with zero attached hydrogens (tertiary/aromatic N) is 1. The van der Waals surface area contributed by atoms with E-state index in [4.69, 9.17) is 0 Å². The number of hydrogen-bond donors (Lipinski definition) is 2. The predicted molar refractivity (Wildman–Crippen MR) is 99.8 cm³/mol. The summed E-state index contributed by atoms with van der Waals surface area (Å²) < 4.78 is 0. The number of carbonyl (C=O) groups excluding carboxylic acids is 1. The minimum absolute atomic E-state index is 0.0624. The number of benzene rings is 1. The minimum Gasteiger partial charge on any atom is -0.378 e. The first-order chi connectivity index (χ1) is 12.5. The molecule has 4 bridgehead atoms. The molecule has 5 rings (SSSR count). The van der Waals surface area contributed by atoms with Crippen LogP contribution < -0.4 is 10.6 Å². The Morgan fingerprint density at radius 2 is 1.69 bits per heavy atom. The Bertz CT molecular complexity index is 668. The Morgan fingerprint density at radius 3 is 2.31 bits per heavy atom. The molecule has 4 fully saturated rings. The zero-order chi connectivity index (χ0) is 18.1. The molecule has 2 N–H and O–H groups in total. The third kappa shape index (κ3) is 3.55. The van der Waals surface area contributed by atoms with Crippen LogP contribution in [-0.2, 0) is 4.79 Å². The van der Waals surface area contributed by atoms with Gasteiger partial charge in [0.25, 0.3) is 5.69 Å². The maximum absolute atomic E-state index is 12.5.